The van der Waals surface area contributed by atoms with E-state index in [1.807, 2.05) is 30.3 Å². The molecule has 0 aliphatic heterocycles. The summed E-state index contributed by atoms with van der Waals surface area (Å²) in [5.74, 6) is -0.0969. The molecule has 0 unspecified atom stereocenters. The Bertz CT molecular complexity index is 917. The summed E-state index contributed by atoms with van der Waals surface area (Å²) >= 11 is 1.46. The number of anilines is 1. The third kappa shape index (κ3) is 2.92. The van der Waals surface area contributed by atoms with Crippen molar-refractivity contribution in [2.24, 2.45) is 0 Å². The van der Waals surface area contributed by atoms with Gasteiger partial charge in [-0.05, 0) is 67.1 Å². The van der Waals surface area contributed by atoms with E-state index >= 15 is 0 Å². The van der Waals surface area contributed by atoms with Gasteiger partial charge >= 0.3 is 0 Å². The van der Waals surface area contributed by atoms with E-state index in [0.717, 1.165) is 28.7 Å². The fourth-order valence-corrected chi connectivity index (χ4v) is 4.01. The predicted molar refractivity (Wildman–Crippen MR) is 96.6 cm³/mol. The fraction of sp³-hybridized carbons (Fsp3) is 0.263. The van der Waals surface area contributed by atoms with E-state index in [1.165, 1.54) is 35.3 Å². The highest BCUT2D eigenvalue weighted by Gasteiger charge is 2.13. The van der Waals surface area contributed by atoms with Gasteiger partial charge in [-0.2, -0.15) is 0 Å². The van der Waals surface area contributed by atoms with Crippen LogP contribution < -0.4 is 5.32 Å². The van der Waals surface area contributed by atoms with Crippen molar-refractivity contribution in [1.82, 2.24) is 4.98 Å². The maximum absolute atomic E-state index is 12.5. The van der Waals surface area contributed by atoms with E-state index in [2.05, 4.69) is 16.4 Å². The fourth-order valence-electron chi connectivity index (χ4n) is 3.20. The van der Waals surface area contributed by atoms with E-state index in [-0.39, 0.29) is 12.5 Å². The van der Waals surface area contributed by atoms with Crippen molar-refractivity contribution in [2.45, 2.75) is 32.3 Å². The van der Waals surface area contributed by atoms with Gasteiger partial charge in [-0.25, -0.2) is 4.98 Å². The highest BCUT2D eigenvalue weighted by atomic mass is 32.1. The van der Waals surface area contributed by atoms with Crippen molar-refractivity contribution in [3.8, 4) is 0 Å². The Hall–Kier alpha value is -2.24. The zero-order chi connectivity index (χ0) is 16.5. The maximum atomic E-state index is 12.5. The Morgan fingerprint density at radius 2 is 1.96 bits per heavy atom. The first-order chi connectivity index (χ1) is 11.7. The van der Waals surface area contributed by atoms with E-state index < -0.39 is 0 Å². The number of carbonyl (C=O) groups is 1. The third-order valence-electron chi connectivity index (χ3n) is 4.44. The molecule has 1 aliphatic carbocycles. The second kappa shape index (κ2) is 6.34. The largest absolute Gasteiger partial charge is 0.389 e. The molecule has 5 heteroatoms. The molecule has 2 aromatic carbocycles. The van der Waals surface area contributed by atoms with Crippen LogP contribution >= 0.6 is 11.3 Å². The lowest BCUT2D eigenvalue weighted by molar-refractivity contribution is 0.102. The smallest absolute Gasteiger partial charge is 0.255 e. The van der Waals surface area contributed by atoms with E-state index in [9.17, 15) is 9.90 Å². The van der Waals surface area contributed by atoms with Crippen molar-refractivity contribution in [1.29, 1.82) is 0 Å². The minimum atomic E-state index is -0.0969. The van der Waals surface area contributed by atoms with Crippen LogP contribution in [0.3, 0.4) is 0 Å². The molecule has 3 aromatic rings. The van der Waals surface area contributed by atoms with Crippen LogP contribution in [-0.2, 0) is 19.4 Å². The topological polar surface area (TPSA) is 62.2 Å². The zero-order valence-electron chi connectivity index (χ0n) is 13.2. The molecule has 0 saturated carbocycles. The Kier molecular flexibility index (Phi) is 4.04. The number of rotatable bonds is 3. The van der Waals surface area contributed by atoms with Crippen LogP contribution in [0.2, 0.25) is 0 Å². The van der Waals surface area contributed by atoms with Crippen molar-refractivity contribution in [3.63, 3.8) is 0 Å². The first-order valence-corrected chi connectivity index (χ1v) is 8.98. The highest BCUT2D eigenvalue weighted by Crippen LogP contribution is 2.26. The summed E-state index contributed by atoms with van der Waals surface area (Å²) in [6.45, 7) is -0.0594. The molecule has 0 spiro atoms. The van der Waals surface area contributed by atoms with Crippen LogP contribution in [0, 0.1) is 0 Å². The van der Waals surface area contributed by atoms with Crippen LogP contribution in [-0.4, -0.2) is 16.0 Å². The van der Waals surface area contributed by atoms with Gasteiger partial charge in [0, 0.05) is 11.3 Å². The molecule has 0 radical (unpaired) electrons. The third-order valence-corrected chi connectivity index (χ3v) is 5.46. The molecule has 4 rings (SSSR count). The molecule has 0 saturated heterocycles. The lowest BCUT2D eigenvalue weighted by Gasteiger charge is -2.16. The molecule has 4 nitrogen and oxygen atoms in total. The Labute approximate surface area is 144 Å². The number of fused-ring (bicyclic) bond motifs is 2. The first-order valence-electron chi connectivity index (χ1n) is 8.16. The minimum Gasteiger partial charge on any atom is -0.389 e. The summed E-state index contributed by atoms with van der Waals surface area (Å²) < 4.78 is 1.01. The van der Waals surface area contributed by atoms with Gasteiger partial charge in [-0.3, -0.25) is 4.79 Å². The molecule has 0 fully saturated rings. The molecular weight excluding hydrogens is 320 g/mol. The number of hydrogen-bond acceptors (Lipinski definition) is 4. The summed E-state index contributed by atoms with van der Waals surface area (Å²) in [4.78, 5) is 16.9. The molecule has 122 valence electrons. The number of thiazole rings is 1. The van der Waals surface area contributed by atoms with E-state index in [1.54, 1.807) is 0 Å². The van der Waals surface area contributed by atoms with Crippen molar-refractivity contribution in [2.75, 3.05) is 5.32 Å². The number of nitrogens with one attached hydrogen (secondary N) is 1. The summed E-state index contributed by atoms with van der Waals surface area (Å²) in [7, 11) is 0. The lowest BCUT2D eigenvalue weighted by Crippen LogP contribution is -2.13. The number of carbonyl (C=O) groups excluding carboxylic acids is 1. The van der Waals surface area contributed by atoms with E-state index in [0.29, 0.717) is 10.6 Å². The number of aliphatic hydroxyl groups is 1. The molecule has 1 aromatic heterocycles. The number of aromatic nitrogens is 1. The van der Waals surface area contributed by atoms with Crippen molar-refractivity contribution < 1.29 is 9.90 Å². The number of benzene rings is 2. The quantitative estimate of drug-likeness (QED) is 0.761. The number of hydrogen-bond donors (Lipinski definition) is 2. The molecule has 1 amide bonds. The van der Waals surface area contributed by atoms with Gasteiger partial charge in [0.15, 0.2) is 0 Å². The standard InChI is InChI=1S/C19H18N2O2S/c22-11-18-21-16-10-15(7-8-17(16)24-18)20-19(23)14-6-5-12-3-1-2-4-13(12)9-14/h5-10,22H,1-4,11H2,(H,20,23). The summed E-state index contributed by atoms with van der Waals surface area (Å²) in [5.41, 5.74) is 4.90. The van der Waals surface area contributed by atoms with Crippen LogP contribution in [0.5, 0.6) is 0 Å². The van der Waals surface area contributed by atoms with Gasteiger partial charge in [-0.15, -0.1) is 11.3 Å². The predicted octanol–water partition coefficient (Wildman–Crippen LogP) is 3.92. The second-order valence-electron chi connectivity index (χ2n) is 6.09. The van der Waals surface area contributed by atoms with E-state index in [4.69, 9.17) is 0 Å². The number of amides is 1. The number of nitrogens with zero attached hydrogens (tertiary/aromatic N) is 1. The molecule has 24 heavy (non-hydrogen) atoms. The van der Waals surface area contributed by atoms with Gasteiger partial charge in [0.05, 0.1) is 16.8 Å². The average molecular weight is 338 g/mol. The normalized spacial score (nSPS) is 13.7. The molecule has 2 N–H and O–H groups in total. The maximum Gasteiger partial charge on any atom is 0.255 e. The second-order valence-corrected chi connectivity index (χ2v) is 7.21. The van der Waals surface area contributed by atoms with Crippen molar-refractivity contribution >= 4 is 33.1 Å². The van der Waals surface area contributed by atoms with Crippen LogP contribution in [0.15, 0.2) is 36.4 Å². The monoisotopic (exact) mass is 338 g/mol. The first kappa shape index (κ1) is 15.3. The van der Waals surface area contributed by atoms with Crippen LogP contribution in [0.1, 0.15) is 39.3 Å². The SMILES string of the molecule is O=C(Nc1ccc2sc(CO)nc2c1)c1ccc2c(c1)CCCC2. The van der Waals surface area contributed by atoms with Gasteiger partial charge in [-0.1, -0.05) is 6.07 Å². The van der Waals surface area contributed by atoms with Gasteiger partial charge in [0.25, 0.3) is 5.91 Å². The van der Waals surface area contributed by atoms with Crippen molar-refractivity contribution in [3.05, 3.63) is 58.1 Å². The van der Waals surface area contributed by atoms with Crippen LogP contribution in [0.4, 0.5) is 5.69 Å². The number of aliphatic hydroxyl groups excluding tert-OH is 1. The number of aryl methyl sites for hydroxylation is 2. The Morgan fingerprint density at radius 3 is 2.79 bits per heavy atom. The molecular formula is C19H18N2O2S. The summed E-state index contributed by atoms with van der Waals surface area (Å²) in [6.07, 6.45) is 4.61. The van der Waals surface area contributed by atoms with Gasteiger partial charge in [0.2, 0.25) is 0 Å². The molecule has 1 heterocycles. The molecule has 0 atom stereocenters. The van der Waals surface area contributed by atoms with Gasteiger partial charge in [0.1, 0.15) is 5.01 Å². The van der Waals surface area contributed by atoms with Gasteiger partial charge < -0.3 is 10.4 Å². The Balaban J connectivity index is 1.57. The average Bonchev–Trinajstić information content (AvgIpc) is 3.03. The summed E-state index contributed by atoms with van der Waals surface area (Å²) in [6, 6.07) is 11.7. The molecule has 0 bridgehead atoms. The Morgan fingerprint density at radius 1 is 1.12 bits per heavy atom. The zero-order valence-corrected chi connectivity index (χ0v) is 14.0. The minimum absolute atomic E-state index is 0.0594. The molecule has 1 aliphatic rings. The van der Waals surface area contributed by atoms with Crippen LogP contribution in [0.25, 0.3) is 10.2 Å². The summed E-state index contributed by atoms with van der Waals surface area (Å²) in [5, 5.41) is 12.8. The lowest BCUT2D eigenvalue weighted by atomic mass is 9.90. The highest BCUT2D eigenvalue weighted by molar-refractivity contribution is 7.18.